The molecule has 0 aromatic carbocycles. The van der Waals surface area contributed by atoms with Crippen LogP contribution in [0.4, 0.5) is 5.82 Å². The van der Waals surface area contributed by atoms with Gasteiger partial charge in [-0.2, -0.15) is 5.10 Å². The Bertz CT molecular complexity index is 1070. The van der Waals surface area contributed by atoms with Gasteiger partial charge in [0.15, 0.2) is 0 Å². The van der Waals surface area contributed by atoms with Crippen LogP contribution in [0.1, 0.15) is 12.8 Å². The van der Waals surface area contributed by atoms with E-state index >= 15 is 0 Å². The number of amides is 1. The lowest BCUT2D eigenvalue weighted by atomic mass is 9.96. The van der Waals surface area contributed by atoms with Gasteiger partial charge in [0.1, 0.15) is 5.82 Å². The summed E-state index contributed by atoms with van der Waals surface area (Å²) in [5.74, 6) is 0.0748. The molecule has 1 fully saturated rings. The summed E-state index contributed by atoms with van der Waals surface area (Å²) in [5, 5.41) is 8.00. The van der Waals surface area contributed by atoms with Crippen molar-refractivity contribution in [2.45, 2.75) is 12.8 Å². The van der Waals surface area contributed by atoms with Gasteiger partial charge in [-0.05, 0) is 38.1 Å². The zero-order valence-electron chi connectivity index (χ0n) is 17.0. The van der Waals surface area contributed by atoms with Crippen molar-refractivity contribution < 1.29 is 14.3 Å². The Balaban J connectivity index is 1.42. The van der Waals surface area contributed by atoms with E-state index in [0.717, 1.165) is 22.2 Å². The van der Waals surface area contributed by atoms with Crippen LogP contribution in [0.2, 0.25) is 0 Å². The van der Waals surface area contributed by atoms with Gasteiger partial charge in [-0.1, -0.05) is 0 Å². The molecule has 1 aliphatic rings. The highest BCUT2D eigenvalue weighted by Gasteiger charge is 2.26. The molecule has 156 valence electrons. The number of methoxy groups -OCH3 is 1. The minimum Gasteiger partial charge on any atom is -0.468 e. The first-order chi connectivity index (χ1) is 14.5. The Kier molecular flexibility index (Phi) is 5.71. The molecule has 1 N–H and O–H groups in total. The molecule has 4 heterocycles. The first-order valence-corrected chi connectivity index (χ1v) is 9.87. The Morgan fingerprint density at radius 2 is 2.03 bits per heavy atom. The van der Waals surface area contributed by atoms with Gasteiger partial charge < -0.3 is 10.1 Å². The predicted octanol–water partition coefficient (Wildman–Crippen LogP) is 1.85. The van der Waals surface area contributed by atoms with Crippen LogP contribution in [0.3, 0.4) is 0 Å². The molecule has 0 unspecified atom stereocenters. The largest absolute Gasteiger partial charge is 0.468 e. The van der Waals surface area contributed by atoms with Crippen LogP contribution in [-0.2, 0) is 21.4 Å². The fourth-order valence-electron chi connectivity index (χ4n) is 3.63. The summed E-state index contributed by atoms with van der Waals surface area (Å²) in [6.07, 6.45) is 6.78. The van der Waals surface area contributed by atoms with Crippen LogP contribution >= 0.6 is 0 Å². The number of pyridine rings is 2. The highest BCUT2D eigenvalue weighted by Crippen LogP contribution is 2.23. The van der Waals surface area contributed by atoms with Crippen molar-refractivity contribution in [2.75, 3.05) is 32.1 Å². The van der Waals surface area contributed by atoms with Crippen LogP contribution in [0.25, 0.3) is 22.2 Å². The van der Waals surface area contributed by atoms with E-state index in [4.69, 9.17) is 4.74 Å². The molecule has 30 heavy (non-hydrogen) atoms. The van der Waals surface area contributed by atoms with Crippen molar-refractivity contribution in [1.82, 2.24) is 24.6 Å². The summed E-state index contributed by atoms with van der Waals surface area (Å²) in [5.41, 5.74) is 2.51. The van der Waals surface area contributed by atoms with Crippen molar-refractivity contribution in [1.29, 1.82) is 0 Å². The van der Waals surface area contributed by atoms with Crippen molar-refractivity contribution in [3.05, 3.63) is 36.8 Å². The molecule has 1 saturated heterocycles. The summed E-state index contributed by atoms with van der Waals surface area (Å²) in [6.45, 7) is 1.64. The number of nitrogens with one attached hydrogen (secondary N) is 1. The van der Waals surface area contributed by atoms with Gasteiger partial charge in [0.2, 0.25) is 5.91 Å². The lowest BCUT2D eigenvalue weighted by Gasteiger charge is -2.30. The average Bonchev–Trinajstić information content (AvgIpc) is 3.20. The molecule has 1 amide bonds. The van der Waals surface area contributed by atoms with Gasteiger partial charge >= 0.3 is 5.97 Å². The number of aryl methyl sites for hydroxylation is 1. The molecule has 3 aromatic heterocycles. The number of ether oxygens (including phenoxy) is 1. The summed E-state index contributed by atoms with van der Waals surface area (Å²) in [4.78, 5) is 35.1. The lowest BCUT2D eigenvalue weighted by Crippen LogP contribution is -2.40. The van der Waals surface area contributed by atoms with Crippen molar-refractivity contribution in [2.24, 2.45) is 13.0 Å². The van der Waals surface area contributed by atoms with E-state index in [2.05, 4.69) is 20.4 Å². The Hall–Kier alpha value is -3.33. The van der Waals surface area contributed by atoms with Crippen LogP contribution in [0.5, 0.6) is 0 Å². The second-order valence-corrected chi connectivity index (χ2v) is 7.48. The topological polar surface area (TPSA) is 102 Å². The van der Waals surface area contributed by atoms with Gasteiger partial charge in [-0.3, -0.25) is 19.2 Å². The standard InChI is InChI=1S/C21H24N6O3/c1-26-12-16(11-23-26)17-4-3-15-10-22-19(9-18(15)24-17)25-21(29)14-5-7-27(8-6-14)13-20(28)30-2/h3-4,9-12,14H,5-8,13H2,1-2H3,(H,22,25,29). The van der Waals surface area contributed by atoms with Crippen LogP contribution in [-0.4, -0.2) is 63.3 Å². The van der Waals surface area contributed by atoms with E-state index in [1.165, 1.54) is 7.11 Å². The maximum atomic E-state index is 12.7. The van der Waals surface area contributed by atoms with Crippen LogP contribution in [0, 0.1) is 5.92 Å². The maximum Gasteiger partial charge on any atom is 0.319 e. The number of hydrogen-bond donors (Lipinski definition) is 1. The number of rotatable bonds is 5. The number of carbonyl (C=O) groups excluding carboxylic acids is 2. The molecule has 0 spiro atoms. The molecule has 9 heteroatoms. The summed E-state index contributed by atoms with van der Waals surface area (Å²) in [7, 11) is 3.25. The molecule has 0 radical (unpaired) electrons. The maximum absolute atomic E-state index is 12.7. The van der Waals surface area contributed by atoms with Gasteiger partial charge in [-0.15, -0.1) is 0 Å². The highest BCUT2D eigenvalue weighted by molar-refractivity contribution is 5.93. The number of piperidine rings is 1. The van der Waals surface area contributed by atoms with Crippen molar-refractivity contribution >= 4 is 28.6 Å². The van der Waals surface area contributed by atoms with Crippen molar-refractivity contribution in [3.63, 3.8) is 0 Å². The fraction of sp³-hybridized carbons (Fsp3) is 0.381. The molecule has 0 aliphatic carbocycles. The number of hydrogen-bond acceptors (Lipinski definition) is 7. The predicted molar refractivity (Wildman–Crippen MR) is 112 cm³/mol. The quantitative estimate of drug-likeness (QED) is 0.643. The minimum absolute atomic E-state index is 0.0528. The number of likely N-dealkylation sites (tertiary alicyclic amines) is 1. The Labute approximate surface area is 174 Å². The number of fused-ring (bicyclic) bond motifs is 1. The molecular weight excluding hydrogens is 384 g/mol. The molecule has 4 rings (SSSR count). The molecule has 3 aromatic rings. The van der Waals surface area contributed by atoms with E-state index in [1.54, 1.807) is 23.1 Å². The monoisotopic (exact) mass is 408 g/mol. The first-order valence-electron chi connectivity index (χ1n) is 9.87. The number of anilines is 1. The molecule has 0 saturated carbocycles. The number of aromatic nitrogens is 4. The molecular formula is C21H24N6O3. The van der Waals surface area contributed by atoms with Gasteiger partial charge in [0.05, 0.1) is 31.1 Å². The van der Waals surface area contributed by atoms with E-state index in [0.29, 0.717) is 31.7 Å². The third kappa shape index (κ3) is 4.46. The first kappa shape index (κ1) is 20.0. The van der Waals surface area contributed by atoms with Crippen molar-refractivity contribution in [3.8, 4) is 11.3 Å². The number of carbonyl (C=O) groups is 2. The SMILES string of the molecule is COC(=O)CN1CCC(C(=O)Nc2cc3nc(-c4cnn(C)c4)ccc3cn2)CC1. The summed E-state index contributed by atoms with van der Waals surface area (Å²) < 4.78 is 6.43. The Morgan fingerprint density at radius 3 is 2.73 bits per heavy atom. The fourth-order valence-corrected chi connectivity index (χ4v) is 3.63. The average molecular weight is 408 g/mol. The van der Waals surface area contributed by atoms with E-state index in [1.807, 2.05) is 30.3 Å². The summed E-state index contributed by atoms with van der Waals surface area (Å²) >= 11 is 0. The smallest absolute Gasteiger partial charge is 0.319 e. The van der Waals surface area contributed by atoms with Crippen LogP contribution in [0.15, 0.2) is 36.8 Å². The second-order valence-electron chi connectivity index (χ2n) is 7.48. The second kappa shape index (κ2) is 8.58. The molecule has 0 atom stereocenters. The molecule has 1 aliphatic heterocycles. The third-order valence-electron chi connectivity index (χ3n) is 5.36. The molecule has 9 nitrogen and oxygen atoms in total. The van der Waals surface area contributed by atoms with Gasteiger partial charge in [0.25, 0.3) is 0 Å². The molecule has 0 bridgehead atoms. The number of esters is 1. The van der Waals surface area contributed by atoms with Crippen LogP contribution < -0.4 is 5.32 Å². The van der Waals surface area contributed by atoms with E-state index in [9.17, 15) is 9.59 Å². The van der Waals surface area contributed by atoms with Gasteiger partial charge in [0, 0.05) is 42.4 Å². The van der Waals surface area contributed by atoms with Gasteiger partial charge in [-0.25, -0.2) is 9.97 Å². The normalized spacial score (nSPS) is 15.3. The Morgan fingerprint density at radius 1 is 1.23 bits per heavy atom. The minimum atomic E-state index is -0.253. The lowest BCUT2D eigenvalue weighted by molar-refractivity contribution is -0.142. The zero-order valence-corrected chi connectivity index (χ0v) is 17.0. The van der Waals surface area contributed by atoms with E-state index in [-0.39, 0.29) is 24.3 Å². The highest BCUT2D eigenvalue weighted by atomic mass is 16.5. The number of nitrogens with zero attached hydrogens (tertiary/aromatic N) is 5. The third-order valence-corrected chi connectivity index (χ3v) is 5.36. The summed E-state index contributed by atoms with van der Waals surface area (Å²) in [6, 6.07) is 5.68. The zero-order chi connectivity index (χ0) is 21.1. The van der Waals surface area contributed by atoms with E-state index < -0.39 is 0 Å².